The second-order valence-electron chi connectivity index (χ2n) is 5.74. The Balaban J connectivity index is 1.57. The summed E-state index contributed by atoms with van der Waals surface area (Å²) in [5.41, 5.74) is 6.41. The zero-order valence-corrected chi connectivity index (χ0v) is 16.6. The largest absolute Gasteiger partial charge is 0.489 e. The van der Waals surface area contributed by atoms with E-state index < -0.39 is 11.8 Å². The average Bonchev–Trinajstić information content (AvgIpc) is 3.11. The lowest BCUT2D eigenvalue weighted by Crippen LogP contribution is -2.41. The van der Waals surface area contributed by atoms with Crippen LogP contribution in [0.25, 0.3) is 0 Å². The molecule has 1 heterocycles. The van der Waals surface area contributed by atoms with Gasteiger partial charge in [0.05, 0.1) is 11.8 Å². The molecular weight excluding hydrogens is 459 g/mol. The molecule has 27 heavy (non-hydrogen) atoms. The van der Waals surface area contributed by atoms with Crippen LogP contribution in [0, 0.1) is 10.5 Å². The molecule has 2 aromatic carbocycles. The molecule has 0 radical (unpaired) electrons. The fourth-order valence-corrected chi connectivity index (χ4v) is 2.73. The molecule has 3 aromatic rings. The Morgan fingerprint density at radius 1 is 1.04 bits per heavy atom. The predicted molar refractivity (Wildman–Crippen MR) is 108 cm³/mol. The topological polar surface area (TPSA) is 80.6 Å². The van der Waals surface area contributed by atoms with E-state index in [0.29, 0.717) is 23.5 Å². The molecule has 138 valence electrons. The Labute approximate surface area is 170 Å². The van der Waals surface area contributed by atoms with Gasteiger partial charge < -0.3 is 9.15 Å². The molecule has 0 aliphatic heterocycles. The van der Waals surface area contributed by atoms with Crippen LogP contribution in [0.3, 0.4) is 0 Å². The molecule has 0 saturated carbocycles. The highest BCUT2D eigenvalue weighted by atomic mass is 127. The average molecular weight is 476 g/mol. The van der Waals surface area contributed by atoms with Gasteiger partial charge in [0.15, 0.2) is 0 Å². The van der Waals surface area contributed by atoms with Crippen molar-refractivity contribution in [1.82, 2.24) is 10.9 Å². The number of halogens is 1. The lowest BCUT2D eigenvalue weighted by Gasteiger charge is -2.09. The SMILES string of the molecule is Cc1occc1C(=O)NNC(=O)c1cccc(COc2ccc(I)cc2)c1. The maximum absolute atomic E-state index is 12.3. The van der Waals surface area contributed by atoms with Gasteiger partial charge in [-0.05, 0) is 77.5 Å². The Bertz CT molecular complexity index is 951. The summed E-state index contributed by atoms with van der Waals surface area (Å²) in [5.74, 6) is 0.387. The third-order valence-corrected chi connectivity index (χ3v) is 4.52. The van der Waals surface area contributed by atoms with Crippen molar-refractivity contribution in [3.63, 3.8) is 0 Å². The number of carbonyl (C=O) groups excluding carboxylic acids is 2. The molecule has 0 atom stereocenters. The van der Waals surface area contributed by atoms with Gasteiger partial charge in [-0.3, -0.25) is 20.4 Å². The van der Waals surface area contributed by atoms with E-state index in [1.807, 2.05) is 30.3 Å². The number of hydrazine groups is 1. The molecule has 2 amide bonds. The molecule has 7 heteroatoms. The fourth-order valence-electron chi connectivity index (χ4n) is 2.37. The van der Waals surface area contributed by atoms with E-state index in [1.165, 1.54) is 6.26 Å². The highest BCUT2D eigenvalue weighted by Gasteiger charge is 2.13. The second kappa shape index (κ2) is 8.72. The van der Waals surface area contributed by atoms with Crippen LogP contribution in [0.5, 0.6) is 5.75 Å². The Hall–Kier alpha value is -2.81. The van der Waals surface area contributed by atoms with Crippen molar-refractivity contribution in [3.8, 4) is 5.75 Å². The van der Waals surface area contributed by atoms with Gasteiger partial charge >= 0.3 is 0 Å². The summed E-state index contributed by atoms with van der Waals surface area (Å²) in [6.07, 6.45) is 1.42. The predicted octanol–water partition coefficient (Wildman–Crippen LogP) is 3.85. The minimum atomic E-state index is -0.437. The highest BCUT2D eigenvalue weighted by Crippen LogP contribution is 2.16. The number of aryl methyl sites for hydroxylation is 1. The minimum absolute atomic E-state index is 0.336. The van der Waals surface area contributed by atoms with Crippen LogP contribution in [-0.4, -0.2) is 11.8 Å². The summed E-state index contributed by atoms with van der Waals surface area (Å²) < 4.78 is 11.9. The molecular formula is C20H17IN2O4. The van der Waals surface area contributed by atoms with Crippen LogP contribution >= 0.6 is 22.6 Å². The van der Waals surface area contributed by atoms with Gasteiger partial charge in [0, 0.05) is 9.13 Å². The van der Waals surface area contributed by atoms with Gasteiger partial charge in [0.1, 0.15) is 18.1 Å². The second-order valence-corrected chi connectivity index (χ2v) is 6.99. The molecule has 2 N–H and O–H groups in total. The van der Waals surface area contributed by atoms with Gasteiger partial charge in [-0.25, -0.2) is 0 Å². The maximum atomic E-state index is 12.3. The quantitative estimate of drug-likeness (QED) is 0.433. The summed E-state index contributed by atoms with van der Waals surface area (Å²) in [6.45, 7) is 2.01. The molecule has 0 saturated heterocycles. The number of nitrogens with one attached hydrogen (secondary N) is 2. The summed E-state index contributed by atoms with van der Waals surface area (Å²) in [6, 6.07) is 16.3. The van der Waals surface area contributed by atoms with E-state index in [1.54, 1.807) is 31.2 Å². The van der Waals surface area contributed by atoms with Crippen molar-refractivity contribution < 1.29 is 18.7 Å². The Morgan fingerprint density at radius 2 is 1.78 bits per heavy atom. The van der Waals surface area contributed by atoms with Gasteiger partial charge in [0.2, 0.25) is 0 Å². The molecule has 1 aromatic heterocycles. The molecule has 0 unspecified atom stereocenters. The van der Waals surface area contributed by atoms with Crippen LogP contribution in [0.2, 0.25) is 0 Å². The zero-order valence-electron chi connectivity index (χ0n) is 14.5. The molecule has 3 rings (SSSR count). The van der Waals surface area contributed by atoms with Crippen LogP contribution in [0.1, 0.15) is 32.0 Å². The number of carbonyl (C=O) groups is 2. The molecule has 0 fully saturated rings. The van der Waals surface area contributed by atoms with Crippen LogP contribution in [0.4, 0.5) is 0 Å². The van der Waals surface area contributed by atoms with Crippen molar-refractivity contribution in [1.29, 1.82) is 0 Å². The number of furan rings is 1. The van der Waals surface area contributed by atoms with Crippen molar-refractivity contribution in [3.05, 3.63) is 86.9 Å². The van der Waals surface area contributed by atoms with E-state index in [-0.39, 0.29) is 0 Å². The van der Waals surface area contributed by atoms with Crippen LogP contribution in [0.15, 0.2) is 65.3 Å². The molecule has 0 bridgehead atoms. The van der Waals surface area contributed by atoms with Crippen molar-refractivity contribution in [2.45, 2.75) is 13.5 Å². The maximum Gasteiger partial charge on any atom is 0.273 e. The first-order valence-electron chi connectivity index (χ1n) is 8.15. The van der Waals surface area contributed by atoms with E-state index in [9.17, 15) is 9.59 Å². The summed E-state index contributed by atoms with van der Waals surface area (Å²) in [5, 5.41) is 0. The van der Waals surface area contributed by atoms with Crippen molar-refractivity contribution in [2.24, 2.45) is 0 Å². The highest BCUT2D eigenvalue weighted by molar-refractivity contribution is 14.1. The Morgan fingerprint density at radius 3 is 2.48 bits per heavy atom. The lowest BCUT2D eigenvalue weighted by molar-refractivity contribution is 0.0845. The number of hydrogen-bond donors (Lipinski definition) is 2. The first-order chi connectivity index (χ1) is 13.0. The number of rotatable bonds is 5. The Kier molecular flexibility index (Phi) is 6.12. The van der Waals surface area contributed by atoms with E-state index in [0.717, 1.165) is 14.9 Å². The van der Waals surface area contributed by atoms with Gasteiger partial charge in [-0.15, -0.1) is 0 Å². The van der Waals surface area contributed by atoms with E-state index >= 15 is 0 Å². The minimum Gasteiger partial charge on any atom is -0.489 e. The van der Waals surface area contributed by atoms with E-state index in [4.69, 9.17) is 9.15 Å². The van der Waals surface area contributed by atoms with Gasteiger partial charge in [-0.2, -0.15) is 0 Å². The van der Waals surface area contributed by atoms with Crippen LogP contribution in [-0.2, 0) is 6.61 Å². The number of amides is 2. The number of hydrogen-bond acceptors (Lipinski definition) is 4. The number of benzene rings is 2. The van der Waals surface area contributed by atoms with E-state index in [2.05, 4.69) is 33.4 Å². The third-order valence-electron chi connectivity index (χ3n) is 3.80. The third kappa shape index (κ3) is 5.10. The number of ether oxygens (including phenoxy) is 1. The zero-order chi connectivity index (χ0) is 19.2. The standard InChI is InChI=1S/C20H17IN2O4/c1-13-18(9-10-26-13)20(25)23-22-19(24)15-4-2-3-14(11-15)12-27-17-7-5-16(21)6-8-17/h2-11H,12H2,1H3,(H,22,24)(H,23,25). The van der Waals surface area contributed by atoms with Crippen molar-refractivity contribution in [2.75, 3.05) is 0 Å². The summed E-state index contributed by atoms with van der Waals surface area (Å²) in [7, 11) is 0. The van der Waals surface area contributed by atoms with Gasteiger partial charge in [0.25, 0.3) is 11.8 Å². The molecule has 6 nitrogen and oxygen atoms in total. The summed E-state index contributed by atoms with van der Waals surface area (Å²) in [4.78, 5) is 24.3. The molecule has 0 aliphatic carbocycles. The molecule has 0 aliphatic rings. The normalized spacial score (nSPS) is 10.3. The van der Waals surface area contributed by atoms with Gasteiger partial charge in [-0.1, -0.05) is 12.1 Å². The monoisotopic (exact) mass is 476 g/mol. The lowest BCUT2D eigenvalue weighted by atomic mass is 10.1. The van der Waals surface area contributed by atoms with Crippen molar-refractivity contribution >= 4 is 34.4 Å². The first-order valence-corrected chi connectivity index (χ1v) is 9.23. The molecule has 0 spiro atoms. The fraction of sp³-hybridized carbons (Fsp3) is 0.100. The first kappa shape index (κ1) is 19.0. The van der Waals surface area contributed by atoms with Crippen LogP contribution < -0.4 is 15.6 Å². The summed E-state index contributed by atoms with van der Waals surface area (Å²) >= 11 is 2.23. The smallest absolute Gasteiger partial charge is 0.273 e.